The molecular formula is C23H21NO5. The Bertz CT molecular complexity index is 1150. The molecule has 0 radical (unpaired) electrons. The molecule has 0 N–H and O–H groups in total. The second kappa shape index (κ2) is 7.04. The average Bonchev–Trinajstić information content (AvgIpc) is 3.36. The lowest BCUT2D eigenvalue weighted by Crippen LogP contribution is -2.36. The van der Waals surface area contributed by atoms with Crippen molar-refractivity contribution in [1.29, 1.82) is 0 Å². The van der Waals surface area contributed by atoms with Crippen molar-refractivity contribution >= 4 is 16.9 Å². The molecule has 1 saturated heterocycles. The van der Waals surface area contributed by atoms with Crippen LogP contribution < -0.4 is 10.2 Å². The number of amides is 1. The van der Waals surface area contributed by atoms with Crippen LogP contribution in [0.1, 0.15) is 40.6 Å². The topological polar surface area (TPSA) is 69.0 Å². The van der Waals surface area contributed by atoms with E-state index in [1.165, 1.54) is 0 Å². The first kappa shape index (κ1) is 17.9. The third-order valence-electron chi connectivity index (χ3n) is 5.71. The second-order valence-corrected chi connectivity index (χ2v) is 7.44. The molecule has 5 rings (SSSR count). The van der Waals surface area contributed by atoms with E-state index in [1.807, 2.05) is 24.3 Å². The molecule has 2 aliphatic rings. The minimum atomic E-state index is -0.530. The molecule has 148 valence electrons. The van der Waals surface area contributed by atoms with E-state index in [1.54, 1.807) is 36.3 Å². The lowest BCUT2D eigenvalue weighted by Gasteiger charge is -2.27. The molecule has 1 aromatic heterocycles. The van der Waals surface area contributed by atoms with Gasteiger partial charge in [-0.15, -0.1) is 0 Å². The van der Waals surface area contributed by atoms with E-state index in [0.717, 1.165) is 18.4 Å². The van der Waals surface area contributed by atoms with Gasteiger partial charge >= 0.3 is 0 Å². The Balaban J connectivity index is 1.70. The summed E-state index contributed by atoms with van der Waals surface area (Å²) in [5, 5.41) is 0.478. The Morgan fingerprint density at radius 2 is 2.00 bits per heavy atom. The summed E-state index contributed by atoms with van der Waals surface area (Å²) >= 11 is 0. The molecule has 0 spiro atoms. The van der Waals surface area contributed by atoms with Crippen LogP contribution in [-0.2, 0) is 4.74 Å². The lowest BCUT2D eigenvalue weighted by atomic mass is 9.98. The smallest absolute Gasteiger partial charge is 0.291 e. The molecule has 0 aliphatic carbocycles. The molecule has 1 fully saturated rings. The minimum absolute atomic E-state index is 0.0362. The van der Waals surface area contributed by atoms with Crippen LogP contribution in [0, 0.1) is 0 Å². The van der Waals surface area contributed by atoms with Crippen molar-refractivity contribution in [2.75, 3.05) is 20.3 Å². The number of methoxy groups -OCH3 is 1. The minimum Gasteiger partial charge on any atom is -0.497 e. The average molecular weight is 391 g/mol. The second-order valence-electron chi connectivity index (χ2n) is 7.44. The largest absolute Gasteiger partial charge is 0.497 e. The number of hydrogen-bond acceptors (Lipinski definition) is 5. The third-order valence-corrected chi connectivity index (χ3v) is 5.71. The van der Waals surface area contributed by atoms with Crippen molar-refractivity contribution in [3.05, 3.63) is 75.6 Å². The Morgan fingerprint density at radius 1 is 1.14 bits per heavy atom. The van der Waals surface area contributed by atoms with Crippen LogP contribution in [0.25, 0.3) is 11.0 Å². The van der Waals surface area contributed by atoms with Gasteiger partial charge in [-0.25, -0.2) is 0 Å². The van der Waals surface area contributed by atoms with E-state index in [0.29, 0.717) is 35.4 Å². The van der Waals surface area contributed by atoms with Gasteiger partial charge in [-0.3, -0.25) is 9.59 Å². The van der Waals surface area contributed by atoms with Gasteiger partial charge in [0.25, 0.3) is 5.91 Å². The zero-order valence-electron chi connectivity index (χ0n) is 16.1. The zero-order valence-corrected chi connectivity index (χ0v) is 16.1. The summed E-state index contributed by atoms with van der Waals surface area (Å²) in [4.78, 5) is 28.4. The summed E-state index contributed by atoms with van der Waals surface area (Å²) in [5.41, 5.74) is 1.46. The highest BCUT2D eigenvalue weighted by atomic mass is 16.5. The Hall–Kier alpha value is -3.12. The summed E-state index contributed by atoms with van der Waals surface area (Å²) in [6.45, 7) is 1.12. The number of hydrogen-bond donors (Lipinski definition) is 0. The first-order valence-corrected chi connectivity index (χ1v) is 9.79. The van der Waals surface area contributed by atoms with Crippen LogP contribution in [0.2, 0.25) is 0 Å². The standard InChI is InChI=1S/C23H21NO5/c1-27-15-7-4-6-14(12-15)20-19-21(25)17-9-2-3-10-18(17)29-22(19)23(26)24(20)13-16-8-5-11-28-16/h2-4,6-7,9-10,12,16,20H,5,8,11,13H2,1H3. The van der Waals surface area contributed by atoms with Crippen molar-refractivity contribution in [2.45, 2.75) is 25.0 Å². The molecule has 3 aromatic rings. The van der Waals surface area contributed by atoms with Crippen LogP contribution >= 0.6 is 0 Å². The fourth-order valence-corrected chi connectivity index (χ4v) is 4.32. The molecule has 1 amide bonds. The Kier molecular flexibility index (Phi) is 4.36. The highest BCUT2D eigenvalue weighted by Crippen LogP contribution is 2.39. The molecule has 2 atom stereocenters. The number of ether oxygens (including phenoxy) is 2. The number of carbonyl (C=O) groups is 1. The molecule has 3 heterocycles. The lowest BCUT2D eigenvalue weighted by molar-refractivity contribution is 0.0486. The van der Waals surface area contributed by atoms with Gasteiger partial charge in [0, 0.05) is 13.2 Å². The SMILES string of the molecule is COc1cccc(C2c3c(oc4ccccc4c3=O)C(=O)N2CC2CCCO2)c1. The summed E-state index contributed by atoms with van der Waals surface area (Å²) in [5.74, 6) is 0.524. The molecule has 6 heteroatoms. The highest BCUT2D eigenvalue weighted by Gasteiger charge is 2.43. The fraction of sp³-hybridized carbons (Fsp3) is 0.304. The van der Waals surface area contributed by atoms with Crippen LogP contribution in [-0.4, -0.2) is 37.2 Å². The van der Waals surface area contributed by atoms with E-state index in [4.69, 9.17) is 13.9 Å². The predicted molar refractivity (Wildman–Crippen MR) is 107 cm³/mol. The monoisotopic (exact) mass is 391 g/mol. The molecule has 0 saturated carbocycles. The number of carbonyl (C=O) groups excluding carboxylic acids is 1. The summed E-state index contributed by atoms with van der Waals surface area (Å²) in [7, 11) is 1.60. The quantitative estimate of drug-likeness (QED) is 0.681. The van der Waals surface area contributed by atoms with Crippen LogP contribution in [0.5, 0.6) is 5.75 Å². The first-order valence-electron chi connectivity index (χ1n) is 9.79. The van der Waals surface area contributed by atoms with Crippen molar-refractivity contribution in [2.24, 2.45) is 0 Å². The number of benzene rings is 2. The van der Waals surface area contributed by atoms with Crippen LogP contribution in [0.3, 0.4) is 0 Å². The van der Waals surface area contributed by atoms with Gasteiger partial charge in [0.2, 0.25) is 5.76 Å². The Morgan fingerprint density at radius 3 is 2.79 bits per heavy atom. The van der Waals surface area contributed by atoms with E-state index in [9.17, 15) is 9.59 Å². The maximum absolute atomic E-state index is 13.4. The molecule has 0 bridgehead atoms. The first-order chi connectivity index (χ1) is 14.2. The van der Waals surface area contributed by atoms with E-state index >= 15 is 0 Å². The van der Waals surface area contributed by atoms with Crippen molar-refractivity contribution in [1.82, 2.24) is 4.90 Å². The predicted octanol–water partition coefficient (Wildman–Crippen LogP) is 3.53. The summed E-state index contributed by atoms with van der Waals surface area (Å²) in [6.07, 6.45) is 1.84. The Labute approximate surface area is 167 Å². The molecule has 2 aliphatic heterocycles. The van der Waals surface area contributed by atoms with Crippen LogP contribution in [0.15, 0.2) is 57.7 Å². The summed E-state index contributed by atoms with van der Waals surface area (Å²) in [6, 6.07) is 14.0. The number of para-hydroxylation sites is 1. The normalized spacial score (nSPS) is 21.0. The van der Waals surface area contributed by atoms with Gasteiger partial charge in [0.05, 0.1) is 30.2 Å². The van der Waals surface area contributed by atoms with Crippen molar-refractivity contribution in [3.8, 4) is 5.75 Å². The molecule has 29 heavy (non-hydrogen) atoms. The molecule has 6 nitrogen and oxygen atoms in total. The van der Waals surface area contributed by atoms with Gasteiger partial charge < -0.3 is 18.8 Å². The van der Waals surface area contributed by atoms with Gasteiger partial charge in [0.15, 0.2) is 5.43 Å². The number of nitrogens with zero attached hydrogens (tertiary/aromatic N) is 1. The van der Waals surface area contributed by atoms with Crippen LogP contribution in [0.4, 0.5) is 0 Å². The maximum atomic E-state index is 13.4. The molecular weight excluding hydrogens is 370 g/mol. The van der Waals surface area contributed by atoms with Gasteiger partial charge in [-0.05, 0) is 42.7 Å². The fourth-order valence-electron chi connectivity index (χ4n) is 4.32. The summed E-state index contributed by atoms with van der Waals surface area (Å²) < 4.78 is 17.1. The van der Waals surface area contributed by atoms with Crippen molar-refractivity contribution < 1.29 is 18.7 Å². The molecule has 2 aromatic carbocycles. The number of rotatable bonds is 4. The third kappa shape index (κ3) is 2.91. The molecule has 2 unspecified atom stereocenters. The van der Waals surface area contributed by atoms with E-state index in [2.05, 4.69) is 0 Å². The maximum Gasteiger partial charge on any atom is 0.291 e. The highest BCUT2D eigenvalue weighted by molar-refractivity contribution is 5.99. The zero-order chi connectivity index (χ0) is 20.0. The van der Waals surface area contributed by atoms with E-state index in [-0.39, 0.29) is 23.2 Å². The number of fused-ring (bicyclic) bond motifs is 2. The van der Waals surface area contributed by atoms with E-state index < -0.39 is 6.04 Å². The van der Waals surface area contributed by atoms with Crippen molar-refractivity contribution in [3.63, 3.8) is 0 Å². The van der Waals surface area contributed by atoms with Gasteiger partial charge in [-0.1, -0.05) is 24.3 Å². The van der Waals surface area contributed by atoms with Gasteiger partial charge in [-0.2, -0.15) is 0 Å². The van der Waals surface area contributed by atoms with Gasteiger partial charge in [0.1, 0.15) is 11.3 Å².